The normalized spacial score (nSPS) is 13.6. The highest BCUT2D eigenvalue weighted by molar-refractivity contribution is 7.29. The van der Waals surface area contributed by atoms with Gasteiger partial charge in [0.2, 0.25) is 0 Å². The molecule has 2 atom stereocenters. The molecule has 3 heterocycles. The van der Waals surface area contributed by atoms with Crippen LogP contribution >= 0.6 is 22.7 Å². The van der Waals surface area contributed by atoms with Gasteiger partial charge < -0.3 is 0 Å². The quantitative estimate of drug-likeness (QED) is 0.103. The minimum atomic E-state index is -0.107. The van der Waals surface area contributed by atoms with E-state index in [0.717, 1.165) is 40.0 Å². The van der Waals surface area contributed by atoms with Gasteiger partial charge >= 0.3 is 0 Å². The molecular formula is C54H66N2S2. The van der Waals surface area contributed by atoms with Gasteiger partial charge in [0.15, 0.2) is 0 Å². The minimum Gasteiger partial charge on any atom is -0.244 e. The van der Waals surface area contributed by atoms with Gasteiger partial charge in [-0.15, -0.1) is 22.7 Å². The fourth-order valence-electron chi connectivity index (χ4n) is 8.86. The summed E-state index contributed by atoms with van der Waals surface area (Å²) in [7, 11) is 0. The van der Waals surface area contributed by atoms with Gasteiger partial charge in [0.25, 0.3) is 0 Å². The molecule has 0 saturated heterocycles. The van der Waals surface area contributed by atoms with Crippen molar-refractivity contribution in [3.63, 3.8) is 0 Å². The van der Waals surface area contributed by atoms with Crippen LogP contribution in [0.5, 0.6) is 0 Å². The van der Waals surface area contributed by atoms with Crippen LogP contribution < -0.4 is 0 Å². The van der Waals surface area contributed by atoms with E-state index in [-0.39, 0.29) is 10.8 Å². The SMILES string of the molecule is CCCCC(CC)Cc1c(CC(CC)CCCC)c2cc(C(C)(C)C)sc2c2sc(-c3ccc(C(C)(C)C)c4nc(-c5ccccc5)c(-c5ccccc5)nc34)cc12. The van der Waals surface area contributed by atoms with Crippen molar-refractivity contribution < 1.29 is 0 Å². The van der Waals surface area contributed by atoms with Crippen molar-refractivity contribution in [2.75, 3.05) is 0 Å². The standard InChI is InChI=1S/C54H66N2S2/c1-11-15-23-35(13-3)31-40-41(32-36(14-4)24-16-12-2)43-34-46(54(8,9)10)58-52(43)51-42(40)33-45(57-51)39-29-30-44(53(5,6)7)50-49(39)55-47(37-25-19-17-20-26-37)48(56-50)38-27-21-18-22-28-38/h17-22,25-30,33-36H,11-16,23-24,31-32H2,1-10H3. The van der Waals surface area contributed by atoms with Crippen molar-refractivity contribution in [1.82, 2.24) is 9.97 Å². The van der Waals surface area contributed by atoms with E-state index in [1.54, 1.807) is 11.1 Å². The van der Waals surface area contributed by atoms with Gasteiger partial charge in [-0.05, 0) is 75.1 Å². The Morgan fingerprint density at radius 3 is 1.53 bits per heavy atom. The number of hydrogen-bond acceptors (Lipinski definition) is 4. The molecule has 4 aromatic carbocycles. The monoisotopic (exact) mass is 806 g/mol. The first-order valence-corrected chi connectivity index (χ1v) is 24.0. The molecule has 3 aromatic heterocycles. The number of rotatable bonds is 15. The summed E-state index contributed by atoms with van der Waals surface area (Å²) in [5.41, 5.74) is 11.7. The van der Waals surface area contributed by atoms with E-state index in [9.17, 15) is 0 Å². The number of hydrogen-bond donors (Lipinski definition) is 0. The second-order valence-corrected chi connectivity index (χ2v) is 21.0. The van der Waals surface area contributed by atoms with Gasteiger partial charge in [-0.2, -0.15) is 0 Å². The molecule has 0 N–H and O–H groups in total. The maximum atomic E-state index is 5.70. The lowest BCUT2D eigenvalue weighted by Crippen LogP contribution is -2.13. The van der Waals surface area contributed by atoms with Gasteiger partial charge in [0.05, 0.1) is 31.8 Å². The second kappa shape index (κ2) is 17.8. The predicted octanol–water partition coefficient (Wildman–Crippen LogP) is 17.2. The number of aromatic nitrogens is 2. The summed E-state index contributed by atoms with van der Waals surface area (Å²) in [5.74, 6) is 1.38. The molecule has 0 aliphatic rings. The fourth-order valence-corrected chi connectivity index (χ4v) is 11.5. The summed E-state index contributed by atoms with van der Waals surface area (Å²) < 4.78 is 2.95. The Morgan fingerprint density at radius 1 is 0.552 bits per heavy atom. The molecule has 0 radical (unpaired) electrons. The van der Waals surface area contributed by atoms with Crippen molar-refractivity contribution in [2.45, 2.75) is 144 Å². The van der Waals surface area contributed by atoms with Crippen molar-refractivity contribution >= 4 is 53.9 Å². The number of benzene rings is 4. The number of fused-ring (bicyclic) bond motifs is 4. The van der Waals surface area contributed by atoms with Crippen LogP contribution in [0.25, 0.3) is 64.2 Å². The molecule has 2 nitrogen and oxygen atoms in total. The molecule has 0 aliphatic carbocycles. The van der Waals surface area contributed by atoms with Crippen LogP contribution in [0.15, 0.2) is 84.9 Å². The summed E-state index contributed by atoms with van der Waals surface area (Å²) in [6, 6.07) is 31.2. The molecule has 0 saturated carbocycles. The molecule has 304 valence electrons. The Kier molecular flexibility index (Phi) is 13.0. The van der Waals surface area contributed by atoms with E-state index in [4.69, 9.17) is 9.97 Å². The lowest BCUT2D eigenvalue weighted by molar-refractivity contribution is 0.436. The zero-order valence-electron chi connectivity index (χ0n) is 37.0. The minimum absolute atomic E-state index is 0.0891. The van der Waals surface area contributed by atoms with Gasteiger partial charge in [-0.1, -0.05) is 193 Å². The average Bonchev–Trinajstić information content (AvgIpc) is 3.87. The Hall–Kier alpha value is -3.86. The highest BCUT2D eigenvalue weighted by atomic mass is 32.1. The average molecular weight is 807 g/mol. The zero-order chi connectivity index (χ0) is 41.2. The summed E-state index contributed by atoms with van der Waals surface area (Å²) in [6.45, 7) is 23.6. The molecule has 0 amide bonds. The van der Waals surface area contributed by atoms with Crippen molar-refractivity contribution in [3.8, 4) is 33.0 Å². The summed E-state index contributed by atoms with van der Waals surface area (Å²) in [6.07, 6.45) is 12.5. The predicted molar refractivity (Wildman–Crippen MR) is 258 cm³/mol. The first-order chi connectivity index (χ1) is 27.9. The van der Waals surface area contributed by atoms with Crippen molar-refractivity contribution in [1.29, 1.82) is 0 Å². The number of nitrogens with zero attached hydrogens (tertiary/aromatic N) is 2. The molecule has 0 spiro atoms. The molecule has 0 aliphatic heterocycles. The smallest absolute Gasteiger partial charge is 0.0984 e. The van der Waals surface area contributed by atoms with Crippen molar-refractivity contribution in [3.05, 3.63) is 106 Å². The Labute approximate surface area is 357 Å². The largest absolute Gasteiger partial charge is 0.244 e. The Balaban J connectivity index is 1.55. The van der Waals surface area contributed by atoms with Crippen LogP contribution in [0.4, 0.5) is 0 Å². The van der Waals surface area contributed by atoms with Gasteiger partial charge in [-0.3, -0.25) is 0 Å². The highest BCUT2D eigenvalue weighted by Crippen LogP contribution is 2.49. The first kappa shape index (κ1) is 42.3. The van der Waals surface area contributed by atoms with Gasteiger partial charge in [-0.25, -0.2) is 9.97 Å². The fraction of sp³-hybridized carbons (Fsp3) is 0.444. The van der Waals surface area contributed by atoms with E-state index in [1.807, 2.05) is 22.7 Å². The maximum Gasteiger partial charge on any atom is 0.0984 e. The highest BCUT2D eigenvalue weighted by Gasteiger charge is 2.28. The van der Waals surface area contributed by atoms with E-state index in [2.05, 4.69) is 154 Å². The van der Waals surface area contributed by atoms with Crippen LogP contribution in [0.1, 0.15) is 142 Å². The van der Waals surface area contributed by atoms with E-state index in [1.165, 1.54) is 98.8 Å². The van der Waals surface area contributed by atoms with Crippen molar-refractivity contribution in [2.24, 2.45) is 11.8 Å². The third kappa shape index (κ3) is 8.71. The lowest BCUT2D eigenvalue weighted by atomic mass is 9.82. The lowest BCUT2D eigenvalue weighted by Gasteiger charge is -2.23. The van der Waals surface area contributed by atoms with Crippen LogP contribution in [0.2, 0.25) is 0 Å². The van der Waals surface area contributed by atoms with Gasteiger partial charge in [0.1, 0.15) is 0 Å². The molecule has 0 bridgehead atoms. The third-order valence-corrected chi connectivity index (χ3v) is 15.4. The van der Waals surface area contributed by atoms with Crippen LogP contribution in [0.3, 0.4) is 0 Å². The maximum absolute atomic E-state index is 5.70. The molecule has 0 fully saturated rings. The second-order valence-electron chi connectivity index (χ2n) is 18.9. The molecule has 7 rings (SSSR count). The van der Waals surface area contributed by atoms with E-state index < -0.39 is 0 Å². The van der Waals surface area contributed by atoms with Crippen LogP contribution in [-0.2, 0) is 23.7 Å². The molecular weight excluding hydrogens is 741 g/mol. The number of unbranched alkanes of at least 4 members (excludes halogenated alkanes) is 2. The molecule has 7 aromatic rings. The zero-order valence-corrected chi connectivity index (χ0v) is 38.7. The van der Waals surface area contributed by atoms with Gasteiger partial charge in [0, 0.05) is 26.4 Å². The van der Waals surface area contributed by atoms with Crippen LogP contribution in [0, 0.1) is 11.8 Å². The molecule has 4 heteroatoms. The first-order valence-electron chi connectivity index (χ1n) is 22.3. The Bertz CT molecular complexity index is 2470. The summed E-state index contributed by atoms with van der Waals surface area (Å²) in [4.78, 5) is 14.1. The number of thiophene rings is 2. The Morgan fingerprint density at radius 2 is 1.05 bits per heavy atom. The van der Waals surface area contributed by atoms with E-state index >= 15 is 0 Å². The molecule has 58 heavy (non-hydrogen) atoms. The molecule has 2 unspecified atom stereocenters. The topological polar surface area (TPSA) is 25.8 Å². The third-order valence-electron chi connectivity index (χ3n) is 12.5. The van der Waals surface area contributed by atoms with E-state index in [0.29, 0.717) is 11.8 Å². The summed E-state index contributed by atoms with van der Waals surface area (Å²) in [5, 5.41) is 3.01. The van der Waals surface area contributed by atoms with Crippen LogP contribution in [-0.4, -0.2) is 9.97 Å². The summed E-state index contributed by atoms with van der Waals surface area (Å²) >= 11 is 4.04.